The van der Waals surface area contributed by atoms with Gasteiger partial charge in [0.25, 0.3) is 0 Å². The van der Waals surface area contributed by atoms with Gasteiger partial charge in [-0.25, -0.2) is 9.37 Å². The molecule has 1 aliphatic rings. The standard InChI is InChI=1S/C16H22FN3/c1-10(2)20-14-6-4-5-12(17)15(14)19-16(20)13-9-11(3)7-8-18-13/h4-6,10-11,13,18H,7-9H2,1-3H3. The zero-order chi connectivity index (χ0) is 14.3. The Bertz CT molecular complexity index is 617. The summed E-state index contributed by atoms with van der Waals surface area (Å²) in [6.07, 6.45) is 2.27. The number of piperidine rings is 1. The molecule has 1 aliphatic heterocycles. The van der Waals surface area contributed by atoms with Gasteiger partial charge in [-0.2, -0.15) is 0 Å². The van der Waals surface area contributed by atoms with Crippen molar-refractivity contribution in [3.8, 4) is 0 Å². The number of fused-ring (bicyclic) bond motifs is 1. The molecule has 1 fully saturated rings. The summed E-state index contributed by atoms with van der Waals surface area (Å²) >= 11 is 0. The molecule has 0 saturated carbocycles. The highest BCUT2D eigenvalue weighted by molar-refractivity contribution is 5.77. The van der Waals surface area contributed by atoms with Gasteiger partial charge in [-0.05, 0) is 51.3 Å². The van der Waals surface area contributed by atoms with Crippen molar-refractivity contribution in [3.63, 3.8) is 0 Å². The fraction of sp³-hybridized carbons (Fsp3) is 0.562. The van der Waals surface area contributed by atoms with Crippen LogP contribution in [0.3, 0.4) is 0 Å². The van der Waals surface area contributed by atoms with Crippen LogP contribution in [-0.4, -0.2) is 16.1 Å². The molecule has 2 atom stereocenters. The summed E-state index contributed by atoms with van der Waals surface area (Å²) in [5.74, 6) is 1.44. The number of imidazole rings is 1. The van der Waals surface area contributed by atoms with Gasteiger partial charge < -0.3 is 9.88 Å². The number of benzene rings is 1. The van der Waals surface area contributed by atoms with E-state index < -0.39 is 0 Å². The Balaban J connectivity index is 2.14. The molecule has 20 heavy (non-hydrogen) atoms. The quantitative estimate of drug-likeness (QED) is 0.903. The van der Waals surface area contributed by atoms with Crippen LogP contribution in [0.1, 0.15) is 51.5 Å². The van der Waals surface area contributed by atoms with Crippen molar-refractivity contribution in [2.45, 2.75) is 45.7 Å². The molecule has 1 N–H and O–H groups in total. The van der Waals surface area contributed by atoms with Crippen LogP contribution in [0.4, 0.5) is 4.39 Å². The summed E-state index contributed by atoms with van der Waals surface area (Å²) in [6.45, 7) is 7.54. The van der Waals surface area contributed by atoms with E-state index in [4.69, 9.17) is 0 Å². The lowest BCUT2D eigenvalue weighted by molar-refractivity contribution is 0.307. The molecule has 3 nitrogen and oxygen atoms in total. The molecule has 3 rings (SSSR count). The first kappa shape index (κ1) is 13.6. The molecule has 2 aromatic rings. The lowest BCUT2D eigenvalue weighted by Gasteiger charge is -2.29. The fourth-order valence-corrected chi connectivity index (χ4v) is 3.19. The van der Waals surface area contributed by atoms with E-state index in [9.17, 15) is 4.39 Å². The van der Waals surface area contributed by atoms with E-state index in [2.05, 4.69) is 35.6 Å². The second kappa shape index (κ2) is 5.17. The molecule has 0 bridgehead atoms. The number of rotatable bonds is 2. The second-order valence-electron chi connectivity index (χ2n) is 6.18. The SMILES string of the molecule is CC1CCNC(c2nc3c(F)cccc3n2C(C)C)C1. The number of para-hydroxylation sites is 1. The molecule has 0 radical (unpaired) electrons. The van der Waals surface area contributed by atoms with E-state index in [0.29, 0.717) is 11.4 Å². The van der Waals surface area contributed by atoms with E-state index in [-0.39, 0.29) is 17.9 Å². The minimum absolute atomic E-state index is 0.230. The van der Waals surface area contributed by atoms with Crippen molar-refractivity contribution in [1.29, 1.82) is 0 Å². The average molecular weight is 275 g/mol. The van der Waals surface area contributed by atoms with Crippen LogP contribution in [0.25, 0.3) is 11.0 Å². The second-order valence-corrected chi connectivity index (χ2v) is 6.18. The summed E-state index contributed by atoms with van der Waals surface area (Å²) < 4.78 is 16.2. The highest BCUT2D eigenvalue weighted by atomic mass is 19.1. The normalized spacial score (nSPS) is 23.6. The van der Waals surface area contributed by atoms with Gasteiger partial charge in [0, 0.05) is 6.04 Å². The topological polar surface area (TPSA) is 29.9 Å². The lowest BCUT2D eigenvalue weighted by Crippen LogP contribution is -2.33. The van der Waals surface area contributed by atoms with Gasteiger partial charge in [-0.3, -0.25) is 0 Å². The number of hydrogen-bond acceptors (Lipinski definition) is 2. The van der Waals surface area contributed by atoms with Crippen LogP contribution in [0.15, 0.2) is 18.2 Å². The fourth-order valence-electron chi connectivity index (χ4n) is 3.19. The van der Waals surface area contributed by atoms with E-state index in [1.54, 1.807) is 6.07 Å². The molecule has 1 aromatic heterocycles. The van der Waals surface area contributed by atoms with Crippen LogP contribution in [0, 0.1) is 11.7 Å². The monoisotopic (exact) mass is 275 g/mol. The lowest BCUT2D eigenvalue weighted by atomic mass is 9.94. The number of nitrogens with one attached hydrogen (secondary N) is 1. The van der Waals surface area contributed by atoms with Crippen molar-refractivity contribution in [2.24, 2.45) is 5.92 Å². The summed E-state index contributed by atoms with van der Waals surface area (Å²) in [7, 11) is 0. The minimum atomic E-state index is -0.230. The molecule has 1 aromatic carbocycles. The van der Waals surface area contributed by atoms with Gasteiger partial charge in [-0.15, -0.1) is 0 Å². The maximum absolute atomic E-state index is 14.0. The number of hydrogen-bond donors (Lipinski definition) is 1. The first-order chi connectivity index (χ1) is 9.58. The smallest absolute Gasteiger partial charge is 0.151 e. The number of nitrogens with zero attached hydrogens (tertiary/aromatic N) is 2. The number of halogens is 1. The predicted molar refractivity (Wildman–Crippen MR) is 79.2 cm³/mol. The molecular formula is C16H22FN3. The Labute approximate surface area is 119 Å². The van der Waals surface area contributed by atoms with Gasteiger partial charge in [0.1, 0.15) is 11.3 Å². The van der Waals surface area contributed by atoms with E-state index in [1.165, 1.54) is 12.5 Å². The van der Waals surface area contributed by atoms with Crippen molar-refractivity contribution in [3.05, 3.63) is 29.8 Å². The van der Waals surface area contributed by atoms with Crippen LogP contribution < -0.4 is 5.32 Å². The van der Waals surface area contributed by atoms with E-state index in [1.807, 2.05) is 6.07 Å². The highest BCUT2D eigenvalue weighted by Gasteiger charge is 2.26. The van der Waals surface area contributed by atoms with Gasteiger partial charge in [-0.1, -0.05) is 13.0 Å². The van der Waals surface area contributed by atoms with Crippen LogP contribution in [-0.2, 0) is 0 Å². The third kappa shape index (κ3) is 2.22. The largest absolute Gasteiger partial charge is 0.324 e. The Morgan fingerprint density at radius 3 is 2.90 bits per heavy atom. The molecule has 0 spiro atoms. The molecule has 1 saturated heterocycles. The molecule has 4 heteroatoms. The first-order valence-electron chi connectivity index (χ1n) is 7.47. The molecule has 0 aliphatic carbocycles. The molecule has 2 unspecified atom stereocenters. The summed E-state index contributed by atoms with van der Waals surface area (Å²) in [5.41, 5.74) is 1.39. The Kier molecular flexibility index (Phi) is 3.50. The highest BCUT2D eigenvalue weighted by Crippen LogP contribution is 2.31. The Morgan fingerprint density at radius 2 is 2.20 bits per heavy atom. The maximum Gasteiger partial charge on any atom is 0.151 e. The van der Waals surface area contributed by atoms with Gasteiger partial charge >= 0.3 is 0 Å². The van der Waals surface area contributed by atoms with Crippen molar-refractivity contribution < 1.29 is 4.39 Å². The molecular weight excluding hydrogens is 253 g/mol. The molecule has 2 heterocycles. The first-order valence-corrected chi connectivity index (χ1v) is 7.47. The Morgan fingerprint density at radius 1 is 1.40 bits per heavy atom. The zero-order valence-corrected chi connectivity index (χ0v) is 12.4. The third-order valence-corrected chi connectivity index (χ3v) is 4.19. The maximum atomic E-state index is 14.0. The van der Waals surface area contributed by atoms with Gasteiger partial charge in [0.05, 0.1) is 11.6 Å². The Hall–Kier alpha value is -1.42. The minimum Gasteiger partial charge on any atom is -0.324 e. The van der Waals surface area contributed by atoms with Crippen molar-refractivity contribution in [1.82, 2.24) is 14.9 Å². The molecule has 0 amide bonds. The third-order valence-electron chi connectivity index (χ3n) is 4.19. The van der Waals surface area contributed by atoms with Gasteiger partial charge in [0.15, 0.2) is 5.82 Å². The number of aromatic nitrogens is 2. The zero-order valence-electron chi connectivity index (χ0n) is 12.4. The van der Waals surface area contributed by atoms with E-state index >= 15 is 0 Å². The summed E-state index contributed by atoms with van der Waals surface area (Å²) in [4.78, 5) is 4.62. The van der Waals surface area contributed by atoms with E-state index in [0.717, 1.165) is 24.3 Å². The predicted octanol–water partition coefficient (Wildman–Crippen LogP) is 3.82. The average Bonchev–Trinajstić information content (AvgIpc) is 2.79. The van der Waals surface area contributed by atoms with Crippen molar-refractivity contribution in [2.75, 3.05) is 6.54 Å². The summed E-state index contributed by atoms with van der Waals surface area (Å²) in [6, 6.07) is 5.71. The van der Waals surface area contributed by atoms with Crippen molar-refractivity contribution >= 4 is 11.0 Å². The van der Waals surface area contributed by atoms with Crippen LogP contribution in [0.2, 0.25) is 0 Å². The van der Waals surface area contributed by atoms with Gasteiger partial charge in [0.2, 0.25) is 0 Å². The molecule has 108 valence electrons. The van der Waals surface area contributed by atoms with Crippen LogP contribution >= 0.6 is 0 Å². The van der Waals surface area contributed by atoms with Crippen LogP contribution in [0.5, 0.6) is 0 Å². The summed E-state index contributed by atoms with van der Waals surface area (Å²) in [5, 5.41) is 3.54.